The lowest BCUT2D eigenvalue weighted by molar-refractivity contribution is -0.384. The molecule has 9 nitrogen and oxygen atoms in total. The van der Waals surface area contributed by atoms with E-state index >= 15 is 0 Å². The van der Waals surface area contributed by atoms with E-state index in [4.69, 9.17) is 0 Å². The van der Waals surface area contributed by atoms with Crippen LogP contribution >= 0.6 is 0 Å². The summed E-state index contributed by atoms with van der Waals surface area (Å²) in [5.41, 5.74) is 2.74. The third kappa shape index (κ3) is 3.27. The van der Waals surface area contributed by atoms with Gasteiger partial charge in [0.25, 0.3) is 5.69 Å². The number of ketones is 1. The van der Waals surface area contributed by atoms with Crippen LogP contribution in [0.15, 0.2) is 59.9 Å². The van der Waals surface area contributed by atoms with Crippen LogP contribution in [0.25, 0.3) is 11.4 Å². The Hall–Kier alpha value is -3.88. The number of nitrogens with one attached hydrogen (secondary N) is 1. The highest BCUT2D eigenvalue weighted by molar-refractivity contribution is 6.00. The standard InChI is InChI=1S/C22H20N6O3/c1-22(2)11-16-18(17(29)12-22)19(15-5-3-4-10-23-15)27-21(24-16)25-20(26-27)13-6-8-14(9-7-13)28(30)31/h3-10,19H,11-12H2,1-2H3,(H,24,25,26). The maximum Gasteiger partial charge on any atom is 0.269 e. The number of carbonyl (C=O) groups excluding carboxylic acids is 1. The first-order valence-electron chi connectivity index (χ1n) is 9.98. The molecule has 0 saturated carbocycles. The lowest BCUT2D eigenvalue weighted by Gasteiger charge is -2.37. The summed E-state index contributed by atoms with van der Waals surface area (Å²) < 4.78 is 1.69. The normalized spacial score (nSPS) is 19.4. The Morgan fingerprint density at radius 2 is 1.94 bits per heavy atom. The first kappa shape index (κ1) is 19.1. The number of nitro benzene ring substituents is 1. The van der Waals surface area contributed by atoms with Gasteiger partial charge in [-0.25, -0.2) is 4.68 Å². The molecule has 1 atom stereocenters. The molecule has 1 aliphatic carbocycles. The zero-order chi connectivity index (χ0) is 21.8. The van der Waals surface area contributed by atoms with Gasteiger partial charge in [0.15, 0.2) is 11.6 Å². The molecule has 1 aliphatic heterocycles. The third-order valence-corrected chi connectivity index (χ3v) is 5.64. The molecule has 0 bridgehead atoms. The van der Waals surface area contributed by atoms with Gasteiger partial charge in [0.05, 0.1) is 10.6 Å². The lowest BCUT2D eigenvalue weighted by Crippen LogP contribution is -2.36. The predicted octanol–water partition coefficient (Wildman–Crippen LogP) is 3.91. The van der Waals surface area contributed by atoms with Gasteiger partial charge in [0, 0.05) is 41.6 Å². The molecule has 0 spiro atoms. The van der Waals surface area contributed by atoms with Crippen LogP contribution in [0.3, 0.4) is 0 Å². The number of rotatable bonds is 3. The molecule has 156 valence electrons. The quantitative estimate of drug-likeness (QED) is 0.508. The number of nitrogens with zero attached hydrogens (tertiary/aromatic N) is 5. The van der Waals surface area contributed by atoms with Gasteiger partial charge in [-0.2, -0.15) is 4.98 Å². The van der Waals surface area contributed by atoms with Crippen molar-refractivity contribution in [1.82, 2.24) is 19.7 Å². The van der Waals surface area contributed by atoms with Crippen molar-refractivity contribution in [3.05, 3.63) is 75.7 Å². The minimum Gasteiger partial charge on any atom is -0.328 e. The largest absolute Gasteiger partial charge is 0.328 e. The number of hydrogen-bond donors (Lipinski definition) is 1. The fourth-order valence-corrected chi connectivity index (χ4v) is 4.27. The second-order valence-corrected chi connectivity index (χ2v) is 8.62. The van der Waals surface area contributed by atoms with Gasteiger partial charge in [-0.1, -0.05) is 19.9 Å². The number of anilines is 1. The van der Waals surface area contributed by atoms with Crippen LogP contribution in [0.2, 0.25) is 0 Å². The highest BCUT2D eigenvalue weighted by Gasteiger charge is 2.42. The zero-order valence-corrected chi connectivity index (χ0v) is 17.1. The molecule has 1 aromatic carbocycles. The van der Waals surface area contributed by atoms with Crippen molar-refractivity contribution in [2.24, 2.45) is 5.41 Å². The molecular formula is C22H20N6O3. The molecule has 0 radical (unpaired) electrons. The lowest BCUT2D eigenvalue weighted by atomic mass is 9.73. The second-order valence-electron chi connectivity index (χ2n) is 8.62. The number of nitro groups is 1. The summed E-state index contributed by atoms with van der Waals surface area (Å²) in [5.74, 6) is 1.02. The van der Waals surface area contributed by atoms with Crippen LogP contribution in [0.1, 0.15) is 38.4 Å². The average molecular weight is 416 g/mol. The van der Waals surface area contributed by atoms with E-state index in [0.717, 1.165) is 12.1 Å². The fraction of sp³-hybridized carbons (Fsp3) is 0.273. The Kier molecular flexibility index (Phi) is 4.21. The van der Waals surface area contributed by atoms with E-state index in [1.165, 1.54) is 12.1 Å². The molecule has 31 heavy (non-hydrogen) atoms. The number of hydrogen-bond acceptors (Lipinski definition) is 7. The average Bonchev–Trinajstić information content (AvgIpc) is 3.15. The summed E-state index contributed by atoms with van der Waals surface area (Å²) in [5, 5.41) is 18.9. The summed E-state index contributed by atoms with van der Waals surface area (Å²) in [6.45, 7) is 4.15. The zero-order valence-electron chi connectivity index (χ0n) is 17.1. The van der Waals surface area contributed by atoms with E-state index in [0.29, 0.717) is 35.0 Å². The van der Waals surface area contributed by atoms with Crippen LogP contribution in [0, 0.1) is 15.5 Å². The van der Waals surface area contributed by atoms with Gasteiger partial charge in [-0.05, 0) is 36.1 Å². The maximum atomic E-state index is 13.2. The van der Waals surface area contributed by atoms with Gasteiger partial charge in [-0.3, -0.25) is 19.9 Å². The predicted molar refractivity (Wildman–Crippen MR) is 113 cm³/mol. The number of carbonyl (C=O) groups is 1. The van der Waals surface area contributed by atoms with Gasteiger partial charge < -0.3 is 5.32 Å². The Morgan fingerprint density at radius 1 is 1.16 bits per heavy atom. The van der Waals surface area contributed by atoms with E-state index in [1.54, 1.807) is 23.0 Å². The minimum absolute atomic E-state index is 0.00201. The number of fused-ring (bicyclic) bond motifs is 1. The molecular weight excluding hydrogens is 396 g/mol. The number of benzene rings is 1. The molecule has 2 aliphatic rings. The number of pyridine rings is 1. The summed E-state index contributed by atoms with van der Waals surface area (Å²) in [6, 6.07) is 11.2. The SMILES string of the molecule is CC1(C)CC(=O)C2=C(C1)Nc1nc(-c3ccc([N+](=O)[O-])cc3)nn1C2c1ccccn1. The Labute approximate surface area is 178 Å². The second kappa shape index (κ2) is 6.83. The molecule has 0 amide bonds. The summed E-state index contributed by atoms with van der Waals surface area (Å²) >= 11 is 0. The Bertz CT molecular complexity index is 1230. The van der Waals surface area contributed by atoms with Gasteiger partial charge in [-0.15, -0.1) is 5.10 Å². The highest BCUT2D eigenvalue weighted by atomic mass is 16.6. The van der Waals surface area contributed by atoms with Crippen molar-refractivity contribution in [1.29, 1.82) is 0 Å². The molecule has 9 heteroatoms. The number of allylic oxidation sites excluding steroid dienone is 2. The van der Waals surface area contributed by atoms with Crippen LogP contribution in [-0.2, 0) is 4.79 Å². The van der Waals surface area contributed by atoms with Crippen molar-refractivity contribution in [2.75, 3.05) is 5.32 Å². The first-order valence-corrected chi connectivity index (χ1v) is 9.98. The van der Waals surface area contributed by atoms with Crippen molar-refractivity contribution < 1.29 is 9.72 Å². The minimum atomic E-state index is -0.477. The molecule has 3 heterocycles. The Balaban J connectivity index is 1.63. The summed E-state index contributed by atoms with van der Waals surface area (Å²) in [6.07, 6.45) is 2.87. The van der Waals surface area contributed by atoms with Crippen LogP contribution < -0.4 is 5.32 Å². The molecule has 0 fully saturated rings. The van der Waals surface area contributed by atoms with Crippen molar-refractivity contribution in [3.8, 4) is 11.4 Å². The Morgan fingerprint density at radius 3 is 2.61 bits per heavy atom. The van der Waals surface area contributed by atoms with Gasteiger partial charge >= 0.3 is 0 Å². The first-order chi connectivity index (χ1) is 14.8. The number of non-ortho nitro benzene ring substituents is 1. The van der Waals surface area contributed by atoms with E-state index in [9.17, 15) is 14.9 Å². The summed E-state index contributed by atoms with van der Waals surface area (Å²) in [4.78, 5) is 32.8. The molecule has 0 saturated heterocycles. The van der Waals surface area contributed by atoms with Crippen molar-refractivity contribution in [3.63, 3.8) is 0 Å². The molecule has 5 rings (SSSR count). The fourth-order valence-electron chi connectivity index (χ4n) is 4.27. The van der Waals surface area contributed by atoms with Crippen LogP contribution in [0.5, 0.6) is 0 Å². The summed E-state index contributed by atoms with van der Waals surface area (Å²) in [7, 11) is 0. The van der Waals surface area contributed by atoms with E-state index < -0.39 is 11.0 Å². The molecule has 1 N–H and O–H groups in total. The highest BCUT2D eigenvalue weighted by Crippen LogP contribution is 2.45. The maximum absolute atomic E-state index is 13.2. The molecule has 3 aromatic rings. The van der Waals surface area contributed by atoms with E-state index in [2.05, 4.69) is 34.2 Å². The number of Topliss-reactive ketones (excluding diaryl/α,β-unsaturated/α-hetero) is 1. The van der Waals surface area contributed by atoms with E-state index in [-0.39, 0.29) is 16.9 Å². The number of aromatic nitrogens is 4. The third-order valence-electron chi connectivity index (χ3n) is 5.64. The van der Waals surface area contributed by atoms with E-state index in [1.807, 2.05) is 18.2 Å². The smallest absolute Gasteiger partial charge is 0.269 e. The molecule has 1 unspecified atom stereocenters. The topological polar surface area (TPSA) is 116 Å². The van der Waals surface area contributed by atoms with Gasteiger partial charge in [0.1, 0.15) is 6.04 Å². The molecule has 2 aromatic heterocycles. The van der Waals surface area contributed by atoms with Crippen molar-refractivity contribution >= 4 is 17.4 Å². The monoisotopic (exact) mass is 416 g/mol. The van der Waals surface area contributed by atoms with Crippen molar-refractivity contribution in [2.45, 2.75) is 32.7 Å². The van der Waals surface area contributed by atoms with Crippen LogP contribution in [-0.4, -0.2) is 30.5 Å². The van der Waals surface area contributed by atoms with Crippen LogP contribution in [0.4, 0.5) is 11.6 Å². The van der Waals surface area contributed by atoms with Gasteiger partial charge in [0.2, 0.25) is 5.95 Å².